The quantitative estimate of drug-likeness (QED) is 0.722. The van der Waals surface area contributed by atoms with E-state index in [1.807, 2.05) is 26.0 Å². The Balaban J connectivity index is 1.89. The van der Waals surface area contributed by atoms with Crippen LogP contribution in [0, 0.1) is 13.8 Å². The molecule has 0 aliphatic heterocycles. The number of benzene rings is 2. The maximum absolute atomic E-state index is 13.2. The Hall–Kier alpha value is -2.87. The summed E-state index contributed by atoms with van der Waals surface area (Å²) in [6.07, 6.45) is -6.08. The first-order valence-corrected chi connectivity index (χ1v) is 8.61. The molecule has 1 atom stereocenters. The second kappa shape index (κ2) is 7.63. The van der Waals surface area contributed by atoms with Gasteiger partial charge in [0.2, 0.25) is 5.69 Å². The number of para-hydroxylation sites is 2. The molecule has 1 heterocycles. The third-order valence-corrected chi connectivity index (χ3v) is 4.29. The molecule has 0 aliphatic carbocycles. The number of nitrogens with zero attached hydrogens (tertiary/aromatic N) is 2. The molecule has 0 saturated heterocycles. The van der Waals surface area contributed by atoms with E-state index in [4.69, 9.17) is 4.74 Å². The maximum Gasteiger partial charge on any atom is 0.438 e. The van der Waals surface area contributed by atoms with Crippen LogP contribution in [0.15, 0.2) is 47.3 Å². The van der Waals surface area contributed by atoms with Gasteiger partial charge >= 0.3 is 6.18 Å². The molecule has 1 aromatic heterocycles. The van der Waals surface area contributed by atoms with Crippen molar-refractivity contribution in [3.63, 3.8) is 0 Å². The van der Waals surface area contributed by atoms with Crippen molar-refractivity contribution in [3.8, 4) is 5.75 Å². The third kappa shape index (κ3) is 4.17. The number of aryl methyl sites for hydroxylation is 2. The van der Waals surface area contributed by atoms with E-state index < -0.39 is 23.5 Å². The Morgan fingerprint density at radius 2 is 1.89 bits per heavy atom. The van der Waals surface area contributed by atoms with Crippen molar-refractivity contribution >= 4 is 11.0 Å². The highest BCUT2D eigenvalue weighted by Gasteiger charge is 2.37. The van der Waals surface area contributed by atoms with E-state index >= 15 is 0 Å². The summed E-state index contributed by atoms with van der Waals surface area (Å²) >= 11 is 0. The van der Waals surface area contributed by atoms with Crippen molar-refractivity contribution in [2.24, 2.45) is 0 Å². The summed E-state index contributed by atoms with van der Waals surface area (Å²) in [5.41, 5.74) is -0.723. The molecule has 5 nitrogen and oxygen atoms in total. The molecular formula is C20H19F3N2O3. The molecule has 0 spiro atoms. The Morgan fingerprint density at radius 3 is 2.61 bits per heavy atom. The molecule has 3 rings (SSSR count). The van der Waals surface area contributed by atoms with Gasteiger partial charge in [-0.05, 0) is 43.2 Å². The number of aliphatic hydroxyl groups is 1. The number of hydrogen-bond donors (Lipinski definition) is 1. The van der Waals surface area contributed by atoms with Gasteiger partial charge in [0.1, 0.15) is 18.5 Å². The first-order valence-electron chi connectivity index (χ1n) is 8.61. The molecule has 0 radical (unpaired) electrons. The summed E-state index contributed by atoms with van der Waals surface area (Å²) in [5, 5.41) is 10.3. The summed E-state index contributed by atoms with van der Waals surface area (Å²) in [6, 6.07) is 11.6. The van der Waals surface area contributed by atoms with E-state index in [1.54, 1.807) is 12.1 Å². The molecule has 0 aliphatic rings. The van der Waals surface area contributed by atoms with Crippen molar-refractivity contribution in [1.29, 1.82) is 0 Å². The van der Waals surface area contributed by atoms with E-state index in [2.05, 4.69) is 4.98 Å². The van der Waals surface area contributed by atoms with Gasteiger partial charge in [0.05, 0.1) is 17.6 Å². The number of aromatic nitrogens is 2. The van der Waals surface area contributed by atoms with E-state index in [0.29, 0.717) is 5.75 Å². The highest BCUT2D eigenvalue weighted by molar-refractivity contribution is 5.74. The second-order valence-electron chi connectivity index (χ2n) is 6.60. The minimum absolute atomic E-state index is 0.0251. The minimum Gasteiger partial charge on any atom is -0.491 e. The molecule has 148 valence electrons. The lowest BCUT2D eigenvalue weighted by Gasteiger charge is -2.18. The number of ether oxygens (including phenoxy) is 1. The van der Waals surface area contributed by atoms with Crippen LogP contribution in [0.1, 0.15) is 16.8 Å². The number of rotatable bonds is 5. The van der Waals surface area contributed by atoms with Crippen molar-refractivity contribution in [2.45, 2.75) is 32.7 Å². The van der Waals surface area contributed by atoms with Crippen molar-refractivity contribution < 1.29 is 23.0 Å². The zero-order valence-electron chi connectivity index (χ0n) is 15.3. The summed E-state index contributed by atoms with van der Waals surface area (Å²) in [6.45, 7) is 3.21. The van der Waals surface area contributed by atoms with Gasteiger partial charge in [0, 0.05) is 0 Å². The van der Waals surface area contributed by atoms with Gasteiger partial charge in [0.25, 0.3) is 5.56 Å². The predicted octanol–water partition coefficient (Wildman–Crippen LogP) is 3.47. The van der Waals surface area contributed by atoms with E-state index in [1.165, 1.54) is 18.2 Å². The van der Waals surface area contributed by atoms with Gasteiger partial charge in [-0.1, -0.05) is 24.3 Å². The average molecular weight is 392 g/mol. The molecule has 0 fully saturated rings. The van der Waals surface area contributed by atoms with Crippen LogP contribution in [-0.2, 0) is 12.7 Å². The van der Waals surface area contributed by atoms with Crippen LogP contribution >= 0.6 is 0 Å². The highest BCUT2D eigenvalue weighted by atomic mass is 19.4. The summed E-state index contributed by atoms with van der Waals surface area (Å²) in [5.74, 6) is 0.571. The molecular weight excluding hydrogens is 373 g/mol. The van der Waals surface area contributed by atoms with Gasteiger partial charge < -0.3 is 14.4 Å². The smallest absolute Gasteiger partial charge is 0.438 e. The van der Waals surface area contributed by atoms with Gasteiger partial charge in [0.15, 0.2) is 0 Å². The van der Waals surface area contributed by atoms with Crippen molar-refractivity contribution in [2.75, 3.05) is 6.61 Å². The van der Waals surface area contributed by atoms with Crippen LogP contribution in [0.5, 0.6) is 5.75 Å². The van der Waals surface area contributed by atoms with Crippen LogP contribution in [0.25, 0.3) is 11.0 Å². The van der Waals surface area contributed by atoms with Crippen LogP contribution in [0.4, 0.5) is 13.2 Å². The summed E-state index contributed by atoms with van der Waals surface area (Å²) in [4.78, 5) is 15.8. The number of hydrogen-bond acceptors (Lipinski definition) is 4. The van der Waals surface area contributed by atoms with E-state index in [0.717, 1.165) is 15.7 Å². The zero-order valence-corrected chi connectivity index (χ0v) is 15.3. The first-order chi connectivity index (χ1) is 13.2. The topological polar surface area (TPSA) is 64.3 Å². The summed E-state index contributed by atoms with van der Waals surface area (Å²) < 4.78 is 46.0. The van der Waals surface area contributed by atoms with Crippen LogP contribution in [0.2, 0.25) is 0 Å². The van der Waals surface area contributed by atoms with Gasteiger partial charge in [-0.3, -0.25) is 4.79 Å². The molecule has 0 amide bonds. The Bertz CT molecular complexity index is 1060. The Kier molecular flexibility index (Phi) is 5.42. The minimum atomic E-state index is -4.89. The molecule has 2 aromatic carbocycles. The van der Waals surface area contributed by atoms with Crippen molar-refractivity contribution in [3.05, 3.63) is 69.6 Å². The molecule has 0 saturated carbocycles. The summed E-state index contributed by atoms with van der Waals surface area (Å²) in [7, 11) is 0. The average Bonchev–Trinajstić information content (AvgIpc) is 2.63. The standard InChI is InChI=1S/C20H19F3N2O3/c1-12-7-8-13(2)17(9-12)28-11-14(26)10-25-16-6-4-3-5-15(16)24-18(19(25)27)20(21,22)23/h3-9,14,26H,10-11H2,1-2H3. The SMILES string of the molecule is Cc1ccc(C)c(OCC(O)Cn2c(=O)c(C(F)(F)F)nc3ccccc32)c1. The van der Waals surface area contributed by atoms with Gasteiger partial charge in [-0.25, -0.2) is 4.98 Å². The number of aliphatic hydroxyl groups excluding tert-OH is 1. The highest BCUT2D eigenvalue weighted by Crippen LogP contribution is 2.26. The molecule has 28 heavy (non-hydrogen) atoms. The third-order valence-electron chi connectivity index (χ3n) is 4.29. The predicted molar refractivity (Wildman–Crippen MR) is 98.4 cm³/mol. The maximum atomic E-state index is 13.2. The van der Waals surface area contributed by atoms with Crippen LogP contribution in [0.3, 0.4) is 0 Å². The van der Waals surface area contributed by atoms with Gasteiger partial charge in [-0.15, -0.1) is 0 Å². The molecule has 3 aromatic rings. The lowest BCUT2D eigenvalue weighted by Crippen LogP contribution is -2.35. The second-order valence-corrected chi connectivity index (χ2v) is 6.60. The van der Waals surface area contributed by atoms with Crippen LogP contribution < -0.4 is 10.3 Å². The Labute approximate surface area is 159 Å². The fourth-order valence-electron chi connectivity index (χ4n) is 2.87. The fraction of sp³-hybridized carbons (Fsp3) is 0.300. The normalized spacial score (nSPS) is 12.9. The Morgan fingerprint density at radius 1 is 1.18 bits per heavy atom. The van der Waals surface area contributed by atoms with E-state index in [9.17, 15) is 23.1 Å². The molecule has 1 N–H and O–H groups in total. The lowest BCUT2D eigenvalue weighted by atomic mass is 10.1. The number of alkyl halides is 3. The molecule has 1 unspecified atom stereocenters. The molecule has 0 bridgehead atoms. The van der Waals surface area contributed by atoms with Crippen LogP contribution in [-0.4, -0.2) is 27.4 Å². The first kappa shape index (κ1) is 19.9. The number of halogens is 3. The largest absolute Gasteiger partial charge is 0.491 e. The monoisotopic (exact) mass is 392 g/mol. The fourth-order valence-corrected chi connectivity index (χ4v) is 2.87. The zero-order chi connectivity index (χ0) is 20.5. The molecule has 8 heteroatoms. The van der Waals surface area contributed by atoms with E-state index in [-0.39, 0.29) is 24.2 Å². The van der Waals surface area contributed by atoms with Crippen molar-refractivity contribution in [1.82, 2.24) is 9.55 Å². The number of fused-ring (bicyclic) bond motifs is 1. The van der Waals surface area contributed by atoms with Gasteiger partial charge in [-0.2, -0.15) is 13.2 Å². The lowest BCUT2D eigenvalue weighted by molar-refractivity contribution is -0.142.